The molecule has 2 rings (SSSR count). The lowest BCUT2D eigenvalue weighted by molar-refractivity contribution is 0.317. The summed E-state index contributed by atoms with van der Waals surface area (Å²) in [5.74, 6) is 0.770. The van der Waals surface area contributed by atoms with Crippen molar-refractivity contribution in [1.29, 1.82) is 0 Å². The Morgan fingerprint density at radius 2 is 2.50 bits per heavy atom. The lowest BCUT2D eigenvalue weighted by atomic mass is 9.90. The summed E-state index contributed by atoms with van der Waals surface area (Å²) in [5, 5.41) is 7.81. The van der Waals surface area contributed by atoms with Crippen molar-refractivity contribution < 1.29 is 0 Å². The fourth-order valence-electron chi connectivity index (χ4n) is 1.72. The maximum absolute atomic E-state index is 4.37. The predicted octanol–water partition coefficient (Wildman–Crippen LogP) is 0.139. The molecule has 2 atom stereocenters. The molecule has 0 aromatic heterocycles. The average molecular weight is 137 g/mol. The molecule has 2 heterocycles. The summed E-state index contributed by atoms with van der Waals surface area (Å²) in [5.41, 5.74) is 0. The van der Waals surface area contributed by atoms with Crippen LogP contribution in [0.15, 0.2) is 12.2 Å². The Balaban J connectivity index is 2.03. The summed E-state index contributed by atoms with van der Waals surface area (Å²) in [7, 11) is 0. The maximum Gasteiger partial charge on any atom is 0.0293 e. The van der Waals surface area contributed by atoms with Crippen LogP contribution < -0.4 is 10.6 Å². The van der Waals surface area contributed by atoms with Gasteiger partial charge in [-0.15, -0.1) is 0 Å². The monoisotopic (exact) mass is 137 g/mol. The van der Waals surface area contributed by atoms with Crippen LogP contribution in [-0.2, 0) is 0 Å². The van der Waals surface area contributed by atoms with E-state index in [1.807, 2.05) is 0 Å². The third-order valence-electron chi connectivity index (χ3n) is 2.34. The van der Waals surface area contributed by atoms with Crippen molar-refractivity contribution in [2.75, 3.05) is 19.6 Å². The van der Waals surface area contributed by atoms with Crippen LogP contribution in [0, 0.1) is 5.92 Å². The fraction of sp³-hybridized carbons (Fsp3) is 0.750. The Hall–Kier alpha value is -0.340. The van der Waals surface area contributed by atoms with Gasteiger partial charge in [-0.05, 0) is 12.3 Å². The molecule has 1 N–H and O–H groups in total. The molecule has 1 saturated heterocycles. The topological polar surface area (TPSA) is 26.1 Å². The highest BCUT2D eigenvalue weighted by molar-refractivity contribution is 5.03. The second-order valence-corrected chi connectivity index (χ2v) is 3.03. The number of nitrogens with zero attached hydrogens (tertiary/aromatic N) is 1. The van der Waals surface area contributed by atoms with E-state index in [0.717, 1.165) is 25.6 Å². The van der Waals surface area contributed by atoms with Crippen LogP contribution in [0.5, 0.6) is 0 Å². The molecule has 2 unspecified atom stereocenters. The molecule has 2 aliphatic heterocycles. The molecule has 0 aromatic carbocycles. The lowest BCUT2D eigenvalue weighted by Gasteiger charge is -2.32. The van der Waals surface area contributed by atoms with Crippen LogP contribution in [0.2, 0.25) is 0 Å². The van der Waals surface area contributed by atoms with Crippen LogP contribution >= 0.6 is 0 Å². The van der Waals surface area contributed by atoms with Crippen LogP contribution in [0.25, 0.3) is 0 Å². The molecule has 0 spiro atoms. The van der Waals surface area contributed by atoms with Gasteiger partial charge in [-0.3, -0.25) is 0 Å². The van der Waals surface area contributed by atoms with Crippen LogP contribution in [0.3, 0.4) is 0 Å². The Morgan fingerprint density at radius 1 is 1.50 bits per heavy atom. The molecule has 0 bridgehead atoms. The van der Waals surface area contributed by atoms with E-state index in [9.17, 15) is 0 Å². The number of rotatable bonds is 0. The molecule has 2 heteroatoms. The quantitative estimate of drug-likeness (QED) is 0.472. The van der Waals surface area contributed by atoms with Crippen molar-refractivity contribution in [1.82, 2.24) is 10.6 Å². The number of piperidine rings is 1. The first-order valence-electron chi connectivity index (χ1n) is 4.00. The largest absolute Gasteiger partial charge is 0.309 e. The highest BCUT2D eigenvalue weighted by atomic mass is 15.0. The first kappa shape index (κ1) is 6.38. The summed E-state index contributed by atoms with van der Waals surface area (Å²) < 4.78 is 0. The number of fused-ring (bicyclic) bond motifs is 1. The molecule has 0 aromatic rings. The third-order valence-corrected chi connectivity index (χ3v) is 2.34. The van der Waals surface area contributed by atoms with Crippen LogP contribution in [-0.4, -0.2) is 25.7 Å². The van der Waals surface area contributed by atoms with Crippen LogP contribution in [0.4, 0.5) is 0 Å². The minimum Gasteiger partial charge on any atom is -0.309 e. The minimum atomic E-state index is 0.652. The second-order valence-electron chi connectivity index (χ2n) is 3.03. The van der Waals surface area contributed by atoms with E-state index in [1.54, 1.807) is 0 Å². The Kier molecular flexibility index (Phi) is 1.74. The summed E-state index contributed by atoms with van der Waals surface area (Å²) in [6, 6.07) is 0.652. The molecule has 0 saturated carbocycles. The zero-order chi connectivity index (χ0) is 6.81. The van der Waals surface area contributed by atoms with Crippen LogP contribution in [0.1, 0.15) is 6.42 Å². The van der Waals surface area contributed by atoms with Gasteiger partial charge in [-0.1, -0.05) is 12.2 Å². The Bertz CT molecular complexity index is 142. The molecule has 2 nitrogen and oxygen atoms in total. The summed E-state index contributed by atoms with van der Waals surface area (Å²) in [4.78, 5) is 0. The van der Waals surface area contributed by atoms with E-state index in [-0.39, 0.29) is 0 Å². The maximum atomic E-state index is 4.37. The smallest absolute Gasteiger partial charge is 0.0293 e. The molecular formula is C8H13N2. The molecule has 10 heavy (non-hydrogen) atoms. The molecule has 0 amide bonds. The molecule has 55 valence electrons. The molecule has 0 aliphatic carbocycles. The summed E-state index contributed by atoms with van der Waals surface area (Å²) in [6.07, 6.45) is 5.82. The fourth-order valence-corrected chi connectivity index (χ4v) is 1.72. The number of nitrogens with one attached hydrogen (secondary N) is 1. The molecule has 1 fully saturated rings. The number of hydrogen-bond acceptors (Lipinski definition) is 1. The zero-order valence-corrected chi connectivity index (χ0v) is 6.09. The normalized spacial score (nSPS) is 39.2. The van der Waals surface area contributed by atoms with Crippen molar-refractivity contribution in [3.8, 4) is 0 Å². The van der Waals surface area contributed by atoms with E-state index < -0.39 is 0 Å². The van der Waals surface area contributed by atoms with E-state index >= 15 is 0 Å². The van der Waals surface area contributed by atoms with Crippen molar-refractivity contribution in [2.24, 2.45) is 5.92 Å². The zero-order valence-electron chi connectivity index (χ0n) is 6.09. The van der Waals surface area contributed by atoms with E-state index in [2.05, 4.69) is 22.8 Å². The van der Waals surface area contributed by atoms with Gasteiger partial charge in [0.05, 0.1) is 0 Å². The first-order chi connectivity index (χ1) is 4.97. The van der Waals surface area contributed by atoms with Crippen molar-refractivity contribution in [3.63, 3.8) is 0 Å². The Morgan fingerprint density at radius 3 is 3.40 bits per heavy atom. The standard InChI is InChI=1S/C8H13N2/c1-2-7-3-5-9-6-8(7)10-4-1/h1-2,7-8,10H,3-6H2. The summed E-state index contributed by atoms with van der Waals surface area (Å²) in [6.45, 7) is 3.12. The average Bonchev–Trinajstić information content (AvgIpc) is 2.05. The number of hydrogen-bond donors (Lipinski definition) is 1. The molecular weight excluding hydrogens is 124 g/mol. The van der Waals surface area contributed by atoms with Gasteiger partial charge in [-0.25, -0.2) is 5.32 Å². The Labute approximate surface area is 61.7 Å². The van der Waals surface area contributed by atoms with Gasteiger partial charge in [-0.2, -0.15) is 0 Å². The predicted molar refractivity (Wildman–Crippen MR) is 40.9 cm³/mol. The van der Waals surface area contributed by atoms with Crippen molar-refractivity contribution >= 4 is 0 Å². The van der Waals surface area contributed by atoms with Gasteiger partial charge in [0.1, 0.15) is 0 Å². The van der Waals surface area contributed by atoms with Crippen molar-refractivity contribution in [2.45, 2.75) is 12.5 Å². The van der Waals surface area contributed by atoms with Crippen molar-refractivity contribution in [3.05, 3.63) is 12.2 Å². The van der Waals surface area contributed by atoms with Gasteiger partial charge in [0.25, 0.3) is 0 Å². The van der Waals surface area contributed by atoms with E-state index in [1.165, 1.54) is 6.42 Å². The summed E-state index contributed by atoms with van der Waals surface area (Å²) >= 11 is 0. The van der Waals surface area contributed by atoms with E-state index in [0.29, 0.717) is 6.04 Å². The van der Waals surface area contributed by atoms with Gasteiger partial charge in [0.2, 0.25) is 0 Å². The highest BCUT2D eigenvalue weighted by Crippen LogP contribution is 2.16. The van der Waals surface area contributed by atoms with Gasteiger partial charge >= 0.3 is 0 Å². The van der Waals surface area contributed by atoms with Gasteiger partial charge in [0.15, 0.2) is 0 Å². The van der Waals surface area contributed by atoms with Gasteiger partial charge in [0, 0.05) is 25.7 Å². The second kappa shape index (κ2) is 2.72. The van der Waals surface area contributed by atoms with E-state index in [4.69, 9.17) is 0 Å². The highest BCUT2D eigenvalue weighted by Gasteiger charge is 2.24. The SMILES string of the molecule is C1=CC2CC[N]CC2NC1. The van der Waals surface area contributed by atoms with Gasteiger partial charge < -0.3 is 5.32 Å². The lowest BCUT2D eigenvalue weighted by Crippen LogP contribution is -2.47. The molecule has 1 radical (unpaired) electrons. The molecule has 2 aliphatic rings. The minimum absolute atomic E-state index is 0.652. The first-order valence-corrected chi connectivity index (χ1v) is 4.00. The third kappa shape index (κ3) is 1.09.